The zero-order valence-electron chi connectivity index (χ0n) is 9.85. The van der Waals surface area contributed by atoms with E-state index in [4.69, 9.17) is 10.8 Å². The molecule has 102 valence electrons. The smallest absolute Gasteiger partial charge is 0.305 e. The number of non-ortho nitro benzene ring substituents is 1. The number of hydrogen-bond acceptors (Lipinski definition) is 6. The number of carbonyl (C=O) groups is 2. The highest BCUT2D eigenvalue weighted by atomic mass is 16.6. The summed E-state index contributed by atoms with van der Waals surface area (Å²) in [6.07, 6.45) is 0.114. The van der Waals surface area contributed by atoms with Gasteiger partial charge in [0.05, 0.1) is 23.4 Å². The highest BCUT2D eigenvalue weighted by Crippen LogP contribution is 2.17. The molecule has 0 spiro atoms. The van der Waals surface area contributed by atoms with Gasteiger partial charge in [0, 0.05) is 17.8 Å². The molecule has 0 amide bonds. The molecule has 19 heavy (non-hydrogen) atoms. The van der Waals surface area contributed by atoms with Crippen LogP contribution >= 0.6 is 0 Å². The van der Waals surface area contributed by atoms with Gasteiger partial charge in [0.15, 0.2) is 0 Å². The monoisotopic (exact) mass is 267 g/mol. The van der Waals surface area contributed by atoms with Gasteiger partial charge in [-0.05, 0) is 12.1 Å². The van der Waals surface area contributed by atoms with E-state index in [1.807, 2.05) is 0 Å². The molecule has 0 fully saturated rings. The predicted octanol–water partition coefficient (Wildman–Crippen LogP) is 0.376. The third kappa shape index (κ3) is 4.36. The van der Waals surface area contributed by atoms with Crippen molar-refractivity contribution in [3.8, 4) is 0 Å². The summed E-state index contributed by atoms with van der Waals surface area (Å²) in [5.41, 5.74) is 5.86. The molecule has 0 radical (unpaired) electrons. The van der Waals surface area contributed by atoms with E-state index in [-0.39, 0.29) is 12.1 Å². The van der Waals surface area contributed by atoms with Crippen molar-refractivity contribution in [1.29, 1.82) is 0 Å². The maximum Gasteiger partial charge on any atom is 0.305 e. The Labute approximate surface area is 108 Å². The minimum absolute atomic E-state index is 0.0833. The Balaban J connectivity index is 2.80. The lowest BCUT2D eigenvalue weighted by Gasteiger charge is -2.20. The van der Waals surface area contributed by atoms with E-state index in [9.17, 15) is 19.7 Å². The number of nitrogens with one attached hydrogen (secondary N) is 1. The Hall–Kier alpha value is -2.48. The second-order valence-corrected chi connectivity index (χ2v) is 3.87. The van der Waals surface area contributed by atoms with Crippen LogP contribution in [0.1, 0.15) is 6.42 Å². The standard InChI is InChI=1S/C11H13N3O5/c12-9(6-15)10(5-11(16)17)13-7-1-3-8(4-2-7)14(18)19/h1-4,6,9-10,13H,5,12H2,(H,16,17)/t9-,10?/m0/s1. The van der Waals surface area contributed by atoms with Crippen molar-refractivity contribution in [3.05, 3.63) is 34.4 Å². The molecular weight excluding hydrogens is 254 g/mol. The number of aldehydes is 1. The Kier molecular flexibility index (Phi) is 4.95. The molecule has 0 bridgehead atoms. The van der Waals surface area contributed by atoms with Gasteiger partial charge in [-0.15, -0.1) is 0 Å². The summed E-state index contributed by atoms with van der Waals surface area (Å²) in [7, 11) is 0. The van der Waals surface area contributed by atoms with E-state index >= 15 is 0 Å². The summed E-state index contributed by atoms with van der Waals surface area (Å²) in [5.74, 6) is -1.10. The molecule has 0 aliphatic carbocycles. The number of rotatable bonds is 7. The van der Waals surface area contributed by atoms with Crippen LogP contribution in [0.3, 0.4) is 0 Å². The van der Waals surface area contributed by atoms with Gasteiger partial charge in [-0.1, -0.05) is 0 Å². The minimum atomic E-state index is -1.10. The number of anilines is 1. The molecule has 8 heteroatoms. The van der Waals surface area contributed by atoms with Crippen molar-refractivity contribution < 1.29 is 19.6 Å². The van der Waals surface area contributed by atoms with Crippen LogP contribution in [-0.4, -0.2) is 34.4 Å². The zero-order chi connectivity index (χ0) is 14.4. The van der Waals surface area contributed by atoms with E-state index in [0.29, 0.717) is 12.0 Å². The van der Waals surface area contributed by atoms with Crippen molar-refractivity contribution in [3.63, 3.8) is 0 Å². The fraction of sp³-hybridized carbons (Fsp3) is 0.273. The quantitative estimate of drug-likeness (QED) is 0.369. The lowest BCUT2D eigenvalue weighted by Crippen LogP contribution is -2.42. The molecule has 8 nitrogen and oxygen atoms in total. The van der Waals surface area contributed by atoms with Crippen LogP contribution in [0.5, 0.6) is 0 Å². The first-order valence-corrected chi connectivity index (χ1v) is 5.37. The van der Waals surface area contributed by atoms with Gasteiger partial charge in [0.2, 0.25) is 0 Å². The van der Waals surface area contributed by atoms with Crippen molar-refractivity contribution in [1.82, 2.24) is 0 Å². The van der Waals surface area contributed by atoms with Crippen molar-refractivity contribution in [2.24, 2.45) is 5.73 Å². The van der Waals surface area contributed by atoms with Crippen LogP contribution in [0.2, 0.25) is 0 Å². The Morgan fingerprint density at radius 3 is 2.47 bits per heavy atom. The molecule has 1 aromatic carbocycles. The Bertz CT molecular complexity index is 474. The summed E-state index contributed by atoms with van der Waals surface area (Å²) < 4.78 is 0. The first kappa shape index (κ1) is 14.6. The van der Waals surface area contributed by atoms with Crippen molar-refractivity contribution in [2.75, 3.05) is 5.32 Å². The normalized spacial score (nSPS) is 13.3. The van der Waals surface area contributed by atoms with E-state index in [0.717, 1.165) is 0 Å². The van der Waals surface area contributed by atoms with Gasteiger partial charge in [-0.25, -0.2) is 0 Å². The summed E-state index contributed by atoms with van der Waals surface area (Å²) >= 11 is 0. The number of carbonyl (C=O) groups excluding carboxylic acids is 1. The van der Waals surface area contributed by atoms with Gasteiger partial charge in [-0.2, -0.15) is 0 Å². The lowest BCUT2D eigenvalue weighted by molar-refractivity contribution is -0.384. The maximum atomic E-state index is 10.7. The minimum Gasteiger partial charge on any atom is -0.481 e. The first-order valence-electron chi connectivity index (χ1n) is 5.37. The van der Waals surface area contributed by atoms with E-state index in [1.54, 1.807) is 0 Å². The number of benzene rings is 1. The summed E-state index contributed by atoms with van der Waals surface area (Å²) in [5, 5.41) is 22.0. The van der Waals surface area contributed by atoms with E-state index in [1.165, 1.54) is 24.3 Å². The third-order valence-electron chi connectivity index (χ3n) is 2.45. The molecular formula is C11H13N3O5. The number of aliphatic carboxylic acids is 1. The SMILES string of the molecule is N[C@@H](C=O)C(CC(=O)O)Nc1ccc([N+](=O)[O-])cc1. The van der Waals surface area contributed by atoms with Crippen LogP contribution in [-0.2, 0) is 9.59 Å². The Morgan fingerprint density at radius 2 is 2.05 bits per heavy atom. The molecule has 2 atom stereocenters. The van der Waals surface area contributed by atoms with E-state index in [2.05, 4.69) is 5.32 Å². The van der Waals surface area contributed by atoms with Gasteiger partial charge >= 0.3 is 5.97 Å². The largest absolute Gasteiger partial charge is 0.481 e. The first-order chi connectivity index (χ1) is 8.93. The zero-order valence-corrected chi connectivity index (χ0v) is 9.85. The molecule has 1 unspecified atom stereocenters. The molecule has 1 aromatic rings. The maximum absolute atomic E-state index is 10.7. The molecule has 0 saturated carbocycles. The van der Waals surface area contributed by atoms with Gasteiger partial charge in [0.1, 0.15) is 6.29 Å². The predicted molar refractivity (Wildman–Crippen MR) is 66.8 cm³/mol. The fourth-order valence-electron chi connectivity index (χ4n) is 1.46. The number of nitrogens with zero attached hydrogens (tertiary/aromatic N) is 1. The Morgan fingerprint density at radius 1 is 1.47 bits per heavy atom. The molecule has 0 aliphatic heterocycles. The number of nitro groups is 1. The van der Waals surface area contributed by atoms with Crippen LogP contribution < -0.4 is 11.1 Å². The molecule has 0 saturated heterocycles. The average molecular weight is 267 g/mol. The molecule has 0 aliphatic rings. The van der Waals surface area contributed by atoms with Crippen molar-refractivity contribution in [2.45, 2.75) is 18.5 Å². The lowest BCUT2D eigenvalue weighted by atomic mass is 10.1. The molecule has 1 rings (SSSR count). The molecule has 0 aromatic heterocycles. The number of carboxylic acid groups (broad SMARTS) is 1. The second-order valence-electron chi connectivity index (χ2n) is 3.87. The highest BCUT2D eigenvalue weighted by Gasteiger charge is 2.20. The number of nitrogens with two attached hydrogens (primary N) is 1. The number of carboxylic acids is 1. The van der Waals surface area contributed by atoms with Gasteiger partial charge in [-0.3, -0.25) is 14.9 Å². The van der Waals surface area contributed by atoms with Crippen LogP contribution in [0.4, 0.5) is 11.4 Å². The molecule has 0 heterocycles. The highest BCUT2D eigenvalue weighted by molar-refractivity contribution is 5.71. The molecule has 4 N–H and O–H groups in total. The van der Waals surface area contributed by atoms with Crippen LogP contribution in [0, 0.1) is 10.1 Å². The van der Waals surface area contributed by atoms with Gasteiger partial charge < -0.3 is 21.0 Å². The average Bonchev–Trinajstić information content (AvgIpc) is 2.37. The van der Waals surface area contributed by atoms with Gasteiger partial charge in [0.25, 0.3) is 5.69 Å². The third-order valence-corrected chi connectivity index (χ3v) is 2.45. The number of nitro benzene ring substituents is 1. The summed E-state index contributed by atoms with van der Waals surface area (Å²) in [6, 6.07) is 3.62. The van der Waals surface area contributed by atoms with Crippen LogP contribution in [0.15, 0.2) is 24.3 Å². The number of hydrogen-bond donors (Lipinski definition) is 3. The van der Waals surface area contributed by atoms with E-state index < -0.39 is 23.0 Å². The topological polar surface area (TPSA) is 136 Å². The second kappa shape index (κ2) is 6.45. The fourth-order valence-corrected chi connectivity index (χ4v) is 1.46. The summed E-state index contributed by atoms with van der Waals surface area (Å²) in [4.78, 5) is 31.2. The van der Waals surface area contributed by atoms with Crippen LogP contribution in [0.25, 0.3) is 0 Å². The summed E-state index contributed by atoms with van der Waals surface area (Å²) in [6.45, 7) is 0. The van der Waals surface area contributed by atoms with Crippen molar-refractivity contribution >= 4 is 23.6 Å².